The van der Waals surface area contributed by atoms with E-state index in [1.54, 1.807) is 0 Å². The monoisotopic (exact) mass is 473 g/mol. The van der Waals surface area contributed by atoms with E-state index in [4.69, 9.17) is 20.3 Å². The fourth-order valence-corrected chi connectivity index (χ4v) is 3.19. The second kappa shape index (κ2) is 10.9. The van der Waals surface area contributed by atoms with E-state index in [9.17, 15) is 27.6 Å². The first-order valence-electron chi connectivity index (χ1n) is 10.2. The molecule has 1 aromatic heterocycles. The van der Waals surface area contributed by atoms with Crippen molar-refractivity contribution in [1.29, 1.82) is 0 Å². The van der Waals surface area contributed by atoms with E-state index in [0.717, 1.165) is 0 Å². The minimum atomic E-state index is -4.36. The van der Waals surface area contributed by atoms with Gasteiger partial charge in [0.05, 0.1) is 24.2 Å². The molecule has 0 radical (unpaired) electrons. The number of nitrogens with two attached hydrogens (primary N) is 1. The zero-order valence-electron chi connectivity index (χ0n) is 18.2. The molecule has 0 atom stereocenters. The minimum Gasteiger partial charge on any atom is -0.491 e. The first kappa shape index (κ1) is 25.8. The molecule has 0 fully saturated rings. The van der Waals surface area contributed by atoms with E-state index in [0.29, 0.717) is 0 Å². The Kier molecular flexibility index (Phi) is 8.55. The van der Waals surface area contributed by atoms with Crippen LogP contribution in [0.4, 0.5) is 18.0 Å². The van der Waals surface area contributed by atoms with E-state index < -0.39 is 36.8 Å². The van der Waals surface area contributed by atoms with Crippen molar-refractivity contribution in [2.24, 2.45) is 11.7 Å². The van der Waals surface area contributed by atoms with Crippen LogP contribution in [0.3, 0.4) is 0 Å². The molecule has 0 aliphatic heterocycles. The first-order valence-corrected chi connectivity index (χ1v) is 10.2. The van der Waals surface area contributed by atoms with Gasteiger partial charge in [0.2, 0.25) is 0 Å². The lowest BCUT2D eigenvalue weighted by molar-refractivity contribution is -0.136. The lowest BCUT2D eigenvalue weighted by Crippen LogP contribution is -2.31. The van der Waals surface area contributed by atoms with E-state index in [2.05, 4.69) is 5.32 Å². The average molecular weight is 473 g/mol. The molecule has 0 spiro atoms. The third-order valence-electron chi connectivity index (χ3n) is 4.49. The molecule has 33 heavy (non-hydrogen) atoms. The van der Waals surface area contributed by atoms with Crippen LogP contribution in [0.15, 0.2) is 23.0 Å². The Balaban J connectivity index is 2.63. The molecule has 0 bridgehead atoms. The molecular formula is C21H26F3N3O6. The number of carboxylic acid groups (broad SMARTS) is 1. The number of hydrogen-bond acceptors (Lipinski definition) is 5. The number of halogens is 3. The molecule has 1 aromatic carbocycles. The number of alkyl halides is 3. The van der Waals surface area contributed by atoms with Crippen molar-refractivity contribution < 1.29 is 37.3 Å². The summed E-state index contributed by atoms with van der Waals surface area (Å²) in [5.41, 5.74) is 4.83. The molecule has 182 valence electrons. The highest BCUT2D eigenvalue weighted by Gasteiger charge is 2.26. The number of hydrogen-bond donors (Lipinski definition) is 3. The normalized spacial score (nSPS) is 11.6. The van der Waals surface area contributed by atoms with Crippen molar-refractivity contribution in [1.82, 2.24) is 9.88 Å². The molecule has 0 saturated carbocycles. The zero-order chi connectivity index (χ0) is 24.8. The van der Waals surface area contributed by atoms with Gasteiger partial charge in [-0.1, -0.05) is 13.8 Å². The summed E-state index contributed by atoms with van der Waals surface area (Å²) in [4.78, 5) is 35.3. The second-order valence-corrected chi connectivity index (χ2v) is 7.77. The van der Waals surface area contributed by atoms with Crippen molar-refractivity contribution in [3.05, 3.63) is 34.2 Å². The van der Waals surface area contributed by atoms with Gasteiger partial charge in [-0.2, -0.15) is 13.2 Å². The van der Waals surface area contributed by atoms with Gasteiger partial charge >= 0.3 is 12.3 Å². The highest BCUT2D eigenvalue weighted by atomic mass is 19.4. The van der Waals surface area contributed by atoms with Gasteiger partial charge in [0, 0.05) is 18.4 Å². The maximum absolute atomic E-state index is 13.2. The predicted molar refractivity (Wildman–Crippen MR) is 113 cm³/mol. The van der Waals surface area contributed by atoms with Crippen LogP contribution in [0.2, 0.25) is 0 Å². The van der Waals surface area contributed by atoms with Crippen molar-refractivity contribution in [3.8, 4) is 11.5 Å². The van der Waals surface area contributed by atoms with Gasteiger partial charge in [-0.25, -0.2) is 4.79 Å². The van der Waals surface area contributed by atoms with Crippen LogP contribution in [0, 0.1) is 5.92 Å². The number of nitrogens with zero attached hydrogens (tertiary/aromatic N) is 1. The van der Waals surface area contributed by atoms with Crippen molar-refractivity contribution in [2.75, 3.05) is 13.2 Å². The van der Waals surface area contributed by atoms with Crippen LogP contribution in [0.25, 0.3) is 10.8 Å². The fraction of sp³-hybridized carbons (Fsp3) is 0.476. The number of amides is 2. The van der Waals surface area contributed by atoms with Crippen LogP contribution in [0.5, 0.6) is 11.5 Å². The lowest BCUT2D eigenvalue weighted by atomic mass is 10.1. The second-order valence-electron chi connectivity index (χ2n) is 7.77. The number of carbonyl (C=O) groups excluding carboxylic acids is 1. The summed E-state index contributed by atoms with van der Waals surface area (Å²) in [6, 6.07) is 4.31. The zero-order valence-corrected chi connectivity index (χ0v) is 18.2. The van der Waals surface area contributed by atoms with Crippen LogP contribution >= 0.6 is 0 Å². The summed E-state index contributed by atoms with van der Waals surface area (Å²) in [7, 11) is 0. The molecule has 0 unspecified atom stereocenters. The number of carbonyl (C=O) groups is 2. The van der Waals surface area contributed by atoms with Gasteiger partial charge in [0.1, 0.15) is 11.5 Å². The van der Waals surface area contributed by atoms with E-state index >= 15 is 0 Å². The summed E-state index contributed by atoms with van der Waals surface area (Å²) < 4.78 is 50.0. The van der Waals surface area contributed by atoms with Crippen LogP contribution in [-0.2, 0) is 17.9 Å². The number of fused-ring (bicyclic) bond motifs is 1. The predicted octanol–water partition coefficient (Wildman–Crippen LogP) is 3.01. The number of benzene rings is 1. The van der Waals surface area contributed by atoms with Crippen LogP contribution < -0.4 is 26.1 Å². The van der Waals surface area contributed by atoms with Crippen molar-refractivity contribution in [2.45, 2.75) is 46.0 Å². The lowest BCUT2D eigenvalue weighted by Gasteiger charge is -2.21. The number of aromatic nitrogens is 1. The highest BCUT2D eigenvalue weighted by Crippen LogP contribution is 2.32. The van der Waals surface area contributed by atoms with Gasteiger partial charge in [-0.05, 0) is 30.5 Å². The number of pyridine rings is 1. The van der Waals surface area contributed by atoms with E-state index in [1.165, 1.54) is 22.8 Å². The maximum Gasteiger partial charge on any atom is 0.404 e. The fourth-order valence-electron chi connectivity index (χ4n) is 3.19. The number of nitrogens with one attached hydrogen (secondary N) is 1. The summed E-state index contributed by atoms with van der Waals surface area (Å²) in [5, 5.41) is 11.7. The van der Waals surface area contributed by atoms with Gasteiger partial charge < -0.3 is 30.2 Å². The Morgan fingerprint density at radius 2 is 1.91 bits per heavy atom. The van der Waals surface area contributed by atoms with E-state index in [1.807, 2.05) is 13.8 Å². The summed E-state index contributed by atoms with van der Waals surface area (Å²) in [6.45, 7) is 2.88. The Morgan fingerprint density at radius 3 is 2.48 bits per heavy atom. The highest BCUT2D eigenvalue weighted by molar-refractivity contribution is 5.90. The third-order valence-corrected chi connectivity index (χ3v) is 4.49. The Labute approximate surface area is 187 Å². The maximum atomic E-state index is 13.2. The van der Waals surface area contributed by atoms with Crippen molar-refractivity contribution >= 4 is 22.8 Å². The molecule has 0 aliphatic rings. The molecule has 2 aromatic rings. The molecule has 0 saturated heterocycles. The Hall–Kier alpha value is -3.44. The largest absolute Gasteiger partial charge is 0.491 e. The average Bonchev–Trinajstić information content (AvgIpc) is 2.70. The number of ether oxygens (including phenoxy) is 2. The molecular weight excluding hydrogens is 447 g/mol. The molecule has 2 amide bonds. The van der Waals surface area contributed by atoms with Gasteiger partial charge in [-0.15, -0.1) is 0 Å². The molecule has 2 rings (SSSR count). The summed E-state index contributed by atoms with van der Waals surface area (Å²) >= 11 is 0. The molecule has 0 aliphatic carbocycles. The van der Waals surface area contributed by atoms with Gasteiger partial charge in [0.15, 0.2) is 6.61 Å². The molecule has 4 N–H and O–H groups in total. The molecule has 12 heteroatoms. The summed E-state index contributed by atoms with van der Waals surface area (Å²) in [6.07, 6.45) is -7.10. The number of rotatable bonds is 11. The van der Waals surface area contributed by atoms with Crippen molar-refractivity contribution in [3.63, 3.8) is 0 Å². The Morgan fingerprint density at radius 1 is 1.21 bits per heavy atom. The molecule has 9 nitrogen and oxygen atoms in total. The first-order chi connectivity index (χ1) is 15.4. The smallest absolute Gasteiger partial charge is 0.404 e. The quantitative estimate of drug-likeness (QED) is 0.430. The third kappa shape index (κ3) is 7.58. The van der Waals surface area contributed by atoms with E-state index in [-0.39, 0.29) is 60.0 Å². The Bertz CT molecular complexity index is 1070. The van der Waals surface area contributed by atoms with Crippen LogP contribution in [0.1, 0.15) is 32.4 Å². The summed E-state index contributed by atoms with van der Waals surface area (Å²) in [5.74, 6) is -0.484. The molecule has 1 heterocycles. The van der Waals surface area contributed by atoms with Gasteiger partial charge in [-0.3, -0.25) is 9.59 Å². The topological polar surface area (TPSA) is 133 Å². The minimum absolute atomic E-state index is 0.0000179. The standard InChI is InChI=1S/C21H26F3N3O6/c1-12(2)10-27-16(9-26-20(30)31)18(32-7-3-6-21(22,23)24)15-8-13(33-11-17(25)28)4-5-14(15)19(27)29/h4-5,8,12,26H,3,6-7,9-11H2,1-2H3,(H2,25,28)(H,30,31). The van der Waals surface area contributed by atoms with Crippen LogP contribution in [-0.4, -0.2) is 41.1 Å². The van der Waals surface area contributed by atoms with Gasteiger partial charge in [0.25, 0.3) is 11.5 Å². The SMILES string of the molecule is CC(C)Cn1c(CNC(=O)O)c(OCCCC(F)(F)F)c2cc(OCC(N)=O)ccc2c1=O. The number of primary amides is 1.